The summed E-state index contributed by atoms with van der Waals surface area (Å²) in [6, 6.07) is 14.6. The van der Waals surface area contributed by atoms with E-state index < -0.39 is 17.6 Å². The van der Waals surface area contributed by atoms with Crippen LogP contribution in [0.25, 0.3) is 0 Å². The van der Waals surface area contributed by atoms with Crippen LogP contribution >= 0.6 is 11.8 Å². The minimum atomic E-state index is -0.471. The molecule has 0 unspecified atom stereocenters. The molecule has 2 N–H and O–H groups in total. The maximum atomic E-state index is 13.7. The molecule has 160 valence electrons. The topological polar surface area (TPSA) is 98.1 Å². The van der Waals surface area contributed by atoms with Crippen molar-refractivity contribution in [3.8, 4) is 5.75 Å². The molecule has 0 saturated carbocycles. The van der Waals surface area contributed by atoms with Crippen LogP contribution in [0.3, 0.4) is 0 Å². The number of allylic oxidation sites excluding steroid dienone is 1. The molecule has 0 fully saturated rings. The predicted octanol–water partition coefficient (Wildman–Crippen LogP) is 2.74. The summed E-state index contributed by atoms with van der Waals surface area (Å²) in [6.07, 6.45) is 1.65. The molecular weight excluding hydrogens is 421 g/mol. The molecular formula is C21H20FN5O3S. The molecule has 0 bridgehead atoms. The average molecular weight is 441 g/mol. The van der Waals surface area contributed by atoms with Gasteiger partial charge in [0.25, 0.3) is 5.91 Å². The Labute approximate surface area is 182 Å². The summed E-state index contributed by atoms with van der Waals surface area (Å²) < 4.78 is 20.9. The van der Waals surface area contributed by atoms with E-state index in [1.807, 2.05) is 0 Å². The Balaban J connectivity index is 1.54. The Hall–Kier alpha value is -3.66. The van der Waals surface area contributed by atoms with E-state index in [2.05, 4.69) is 27.6 Å². The van der Waals surface area contributed by atoms with E-state index in [1.54, 1.807) is 53.1 Å². The zero-order valence-corrected chi connectivity index (χ0v) is 17.3. The third-order valence-electron chi connectivity index (χ3n) is 3.98. The van der Waals surface area contributed by atoms with Crippen molar-refractivity contribution in [3.05, 3.63) is 84.5 Å². The van der Waals surface area contributed by atoms with Gasteiger partial charge >= 0.3 is 0 Å². The number of hydrogen-bond acceptors (Lipinski definition) is 6. The fourth-order valence-electron chi connectivity index (χ4n) is 2.50. The van der Waals surface area contributed by atoms with Crippen LogP contribution in [0.1, 0.15) is 16.2 Å². The fourth-order valence-corrected chi connectivity index (χ4v) is 3.27. The van der Waals surface area contributed by atoms with Gasteiger partial charge < -0.3 is 4.74 Å². The second kappa shape index (κ2) is 10.9. The number of amides is 2. The largest absolute Gasteiger partial charge is 0.483 e. The summed E-state index contributed by atoms with van der Waals surface area (Å²) in [6.45, 7) is 4.10. The van der Waals surface area contributed by atoms with Gasteiger partial charge in [-0.15, -0.1) is 16.8 Å². The van der Waals surface area contributed by atoms with E-state index in [0.29, 0.717) is 23.1 Å². The Kier molecular flexibility index (Phi) is 7.77. The highest BCUT2D eigenvalue weighted by Crippen LogP contribution is 2.20. The van der Waals surface area contributed by atoms with Gasteiger partial charge in [-0.25, -0.2) is 4.39 Å². The minimum absolute atomic E-state index is 0.00147. The number of rotatable bonds is 9. The molecule has 0 aliphatic rings. The van der Waals surface area contributed by atoms with E-state index in [-0.39, 0.29) is 18.1 Å². The van der Waals surface area contributed by atoms with Crippen molar-refractivity contribution in [2.75, 3.05) is 5.75 Å². The van der Waals surface area contributed by atoms with Gasteiger partial charge in [0, 0.05) is 12.1 Å². The monoisotopic (exact) mass is 441 g/mol. The molecule has 10 heteroatoms. The van der Waals surface area contributed by atoms with Crippen LogP contribution in [-0.2, 0) is 17.9 Å². The molecule has 3 rings (SSSR count). The number of nitrogens with zero attached hydrogens (tertiary/aromatic N) is 3. The number of hydrogen-bond donors (Lipinski definition) is 2. The number of hydrazine groups is 1. The first-order valence-corrected chi connectivity index (χ1v) is 10.2. The molecule has 31 heavy (non-hydrogen) atoms. The highest BCUT2D eigenvalue weighted by atomic mass is 32.2. The van der Waals surface area contributed by atoms with Crippen LogP contribution in [0.5, 0.6) is 5.75 Å². The molecule has 0 aliphatic carbocycles. The summed E-state index contributed by atoms with van der Waals surface area (Å²) in [7, 11) is 0. The van der Waals surface area contributed by atoms with E-state index in [0.717, 1.165) is 11.8 Å². The molecule has 1 aromatic heterocycles. The first-order chi connectivity index (χ1) is 15.1. The number of thioether (sulfide) groups is 1. The Morgan fingerprint density at radius 2 is 1.84 bits per heavy atom. The first kappa shape index (κ1) is 22.0. The number of carbonyl (C=O) groups excluding carboxylic acids is 2. The van der Waals surface area contributed by atoms with Gasteiger partial charge in [-0.1, -0.05) is 48.2 Å². The van der Waals surface area contributed by atoms with E-state index in [4.69, 9.17) is 4.74 Å². The van der Waals surface area contributed by atoms with Gasteiger partial charge in [0.15, 0.2) is 22.5 Å². The molecule has 2 aromatic carbocycles. The molecule has 3 aromatic rings. The number of nitrogens with one attached hydrogen (secondary N) is 2. The van der Waals surface area contributed by atoms with Crippen LogP contribution in [0.2, 0.25) is 0 Å². The predicted molar refractivity (Wildman–Crippen MR) is 114 cm³/mol. The van der Waals surface area contributed by atoms with Gasteiger partial charge in [0.1, 0.15) is 6.61 Å². The lowest BCUT2D eigenvalue weighted by Crippen LogP contribution is -2.42. The number of ether oxygens (including phenoxy) is 1. The van der Waals surface area contributed by atoms with E-state index in [1.165, 1.54) is 12.1 Å². The number of aromatic nitrogens is 3. The lowest BCUT2D eigenvalue weighted by atomic mass is 10.2. The van der Waals surface area contributed by atoms with Crippen molar-refractivity contribution in [2.45, 2.75) is 18.3 Å². The summed E-state index contributed by atoms with van der Waals surface area (Å²) in [5.74, 6) is -0.728. The Bertz CT molecular complexity index is 1060. The maximum Gasteiger partial charge on any atom is 0.269 e. The number of benzene rings is 2. The van der Waals surface area contributed by atoms with Crippen molar-refractivity contribution in [1.29, 1.82) is 0 Å². The second-order valence-electron chi connectivity index (χ2n) is 6.17. The summed E-state index contributed by atoms with van der Waals surface area (Å²) in [4.78, 5) is 24.1. The Morgan fingerprint density at radius 1 is 1.10 bits per heavy atom. The Morgan fingerprint density at radius 3 is 2.58 bits per heavy atom. The summed E-state index contributed by atoms with van der Waals surface area (Å²) in [5, 5.41) is 8.61. The van der Waals surface area contributed by atoms with Crippen LogP contribution in [-0.4, -0.2) is 32.3 Å². The zero-order valence-electron chi connectivity index (χ0n) is 16.5. The summed E-state index contributed by atoms with van der Waals surface area (Å²) in [5.41, 5.74) is 5.15. The highest BCUT2D eigenvalue weighted by Gasteiger charge is 2.15. The van der Waals surface area contributed by atoms with Crippen LogP contribution in [0.15, 0.2) is 72.4 Å². The first-order valence-electron chi connectivity index (χ1n) is 9.26. The maximum absolute atomic E-state index is 13.7. The lowest BCUT2D eigenvalue weighted by molar-refractivity contribution is -0.119. The van der Waals surface area contributed by atoms with Crippen molar-refractivity contribution in [1.82, 2.24) is 25.6 Å². The van der Waals surface area contributed by atoms with Crippen LogP contribution < -0.4 is 15.6 Å². The zero-order chi connectivity index (χ0) is 22.1. The molecule has 0 spiro atoms. The highest BCUT2D eigenvalue weighted by molar-refractivity contribution is 7.99. The van der Waals surface area contributed by atoms with Crippen LogP contribution in [0.4, 0.5) is 4.39 Å². The average Bonchev–Trinajstić information content (AvgIpc) is 3.18. The van der Waals surface area contributed by atoms with Crippen LogP contribution in [0, 0.1) is 5.82 Å². The minimum Gasteiger partial charge on any atom is -0.483 e. The molecule has 0 atom stereocenters. The third-order valence-corrected chi connectivity index (χ3v) is 4.95. The molecule has 1 heterocycles. The number of para-hydroxylation sites is 1. The van der Waals surface area contributed by atoms with Gasteiger partial charge in [-0.2, -0.15) is 0 Å². The van der Waals surface area contributed by atoms with Crippen molar-refractivity contribution >= 4 is 23.6 Å². The lowest BCUT2D eigenvalue weighted by Gasteiger charge is -2.10. The molecule has 2 amide bonds. The SMILES string of the molecule is C=CCn1c(COc2ccccc2F)nnc1SCC(=O)NNC(=O)c1ccccc1. The van der Waals surface area contributed by atoms with E-state index in [9.17, 15) is 14.0 Å². The third kappa shape index (κ3) is 6.16. The quantitative estimate of drug-likeness (QED) is 0.301. The fraction of sp³-hybridized carbons (Fsp3) is 0.143. The second-order valence-corrected chi connectivity index (χ2v) is 7.12. The molecule has 0 saturated heterocycles. The van der Waals surface area contributed by atoms with Gasteiger partial charge in [0.2, 0.25) is 5.91 Å². The number of halogens is 1. The standard InChI is InChI=1S/C21H20FN5O3S/c1-2-12-27-18(13-30-17-11-7-6-10-16(17)22)23-26-21(27)31-14-19(28)24-25-20(29)15-8-4-3-5-9-15/h2-11H,1,12-14H2,(H,24,28)(H,25,29). The molecule has 0 radical (unpaired) electrons. The molecule has 8 nitrogen and oxygen atoms in total. The van der Waals surface area contributed by atoms with Crippen molar-refractivity contribution in [2.24, 2.45) is 0 Å². The van der Waals surface area contributed by atoms with Gasteiger partial charge in [0.05, 0.1) is 5.75 Å². The van der Waals surface area contributed by atoms with Gasteiger partial charge in [-0.05, 0) is 24.3 Å². The smallest absolute Gasteiger partial charge is 0.269 e. The van der Waals surface area contributed by atoms with Crippen molar-refractivity contribution < 1.29 is 18.7 Å². The number of carbonyl (C=O) groups is 2. The normalized spacial score (nSPS) is 10.4. The molecule has 0 aliphatic heterocycles. The van der Waals surface area contributed by atoms with Gasteiger partial charge in [-0.3, -0.25) is 25.0 Å². The van der Waals surface area contributed by atoms with Crippen molar-refractivity contribution in [3.63, 3.8) is 0 Å². The van der Waals surface area contributed by atoms with E-state index >= 15 is 0 Å². The summed E-state index contributed by atoms with van der Waals surface area (Å²) >= 11 is 1.14.